The Hall–Kier alpha value is -1.46. The molecule has 0 fully saturated rings. The zero-order valence-electron chi connectivity index (χ0n) is 7.80. The lowest BCUT2D eigenvalue weighted by atomic mass is 10.2. The van der Waals surface area contributed by atoms with Gasteiger partial charge in [0.2, 0.25) is 5.91 Å². The molecule has 1 rings (SSSR count). The van der Waals surface area contributed by atoms with Crippen molar-refractivity contribution in [1.29, 1.82) is 0 Å². The van der Waals surface area contributed by atoms with Gasteiger partial charge in [0.1, 0.15) is 0 Å². The standard InChI is InChI=1S/C11H10ClNO/c1-9(14)13-8-2-3-10-4-6-11(12)7-5-10/h4-7H,8H2,1H3,(H,13,14). The van der Waals surface area contributed by atoms with Crippen LogP contribution in [0, 0.1) is 11.8 Å². The Morgan fingerprint density at radius 1 is 1.43 bits per heavy atom. The van der Waals surface area contributed by atoms with Gasteiger partial charge in [0.15, 0.2) is 0 Å². The van der Waals surface area contributed by atoms with Crippen molar-refractivity contribution in [3.63, 3.8) is 0 Å². The summed E-state index contributed by atoms with van der Waals surface area (Å²) in [5.74, 6) is 5.66. The van der Waals surface area contributed by atoms with Crippen LogP contribution in [0.2, 0.25) is 5.02 Å². The summed E-state index contributed by atoms with van der Waals surface area (Å²) in [6, 6.07) is 7.24. The molecule has 2 nitrogen and oxygen atoms in total. The molecule has 0 atom stereocenters. The fourth-order valence-electron chi connectivity index (χ4n) is 0.848. The maximum atomic E-state index is 10.5. The van der Waals surface area contributed by atoms with Crippen molar-refractivity contribution in [1.82, 2.24) is 5.32 Å². The van der Waals surface area contributed by atoms with E-state index in [1.54, 1.807) is 12.1 Å². The molecule has 72 valence electrons. The maximum absolute atomic E-state index is 10.5. The number of hydrogen-bond acceptors (Lipinski definition) is 1. The van der Waals surface area contributed by atoms with Gasteiger partial charge >= 0.3 is 0 Å². The molecule has 0 bridgehead atoms. The molecule has 1 aromatic rings. The van der Waals surface area contributed by atoms with E-state index in [1.807, 2.05) is 12.1 Å². The van der Waals surface area contributed by atoms with Crippen molar-refractivity contribution in [3.05, 3.63) is 34.9 Å². The second-order valence-corrected chi connectivity index (χ2v) is 3.15. The van der Waals surface area contributed by atoms with Gasteiger partial charge in [-0.1, -0.05) is 23.4 Å². The first-order chi connectivity index (χ1) is 6.68. The highest BCUT2D eigenvalue weighted by Crippen LogP contribution is 2.07. The molecule has 14 heavy (non-hydrogen) atoms. The number of halogens is 1. The Kier molecular flexibility index (Phi) is 4.03. The number of amides is 1. The van der Waals surface area contributed by atoms with Crippen LogP contribution in [-0.4, -0.2) is 12.5 Å². The molecule has 0 saturated heterocycles. The predicted molar refractivity (Wildman–Crippen MR) is 57.0 cm³/mol. The maximum Gasteiger partial charge on any atom is 0.217 e. The van der Waals surface area contributed by atoms with Gasteiger partial charge in [0.25, 0.3) is 0 Å². The zero-order chi connectivity index (χ0) is 10.4. The predicted octanol–water partition coefficient (Wildman–Crippen LogP) is 1.83. The highest BCUT2D eigenvalue weighted by molar-refractivity contribution is 6.30. The summed E-state index contributed by atoms with van der Waals surface area (Å²) in [4.78, 5) is 10.5. The third-order valence-electron chi connectivity index (χ3n) is 1.50. The molecule has 0 aliphatic carbocycles. The Balaban J connectivity index is 2.51. The number of rotatable bonds is 1. The van der Waals surface area contributed by atoms with E-state index in [9.17, 15) is 4.79 Å². The molecular weight excluding hydrogens is 198 g/mol. The van der Waals surface area contributed by atoms with Crippen LogP contribution < -0.4 is 5.32 Å². The summed E-state index contributed by atoms with van der Waals surface area (Å²) >= 11 is 5.71. The van der Waals surface area contributed by atoms with Crippen LogP contribution >= 0.6 is 11.6 Å². The van der Waals surface area contributed by atoms with Crippen LogP contribution in [0.4, 0.5) is 0 Å². The molecule has 0 aliphatic heterocycles. The van der Waals surface area contributed by atoms with Crippen LogP contribution in [0.3, 0.4) is 0 Å². The summed E-state index contributed by atoms with van der Waals surface area (Å²) < 4.78 is 0. The molecule has 3 heteroatoms. The molecular formula is C11H10ClNO. The summed E-state index contributed by atoms with van der Waals surface area (Å²) in [5, 5.41) is 3.28. The summed E-state index contributed by atoms with van der Waals surface area (Å²) in [5.41, 5.74) is 0.889. The van der Waals surface area contributed by atoms with Crippen molar-refractivity contribution in [3.8, 4) is 11.8 Å². The van der Waals surface area contributed by atoms with Crippen LogP contribution in [0.5, 0.6) is 0 Å². The monoisotopic (exact) mass is 207 g/mol. The van der Waals surface area contributed by atoms with Gasteiger partial charge in [0.05, 0.1) is 6.54 Å². The minimum atomic E-state index is -0.0737. The molecule has 1 N–H and O–H groups in total. The van der Waals surface area contributed by atoms with Gasteiger partial charge in [-0.15, -0.1) is 0 Å². The first-order valence-corrected chi connectivity index (χ1v) is 4.55. The van der Waals surface area contributed by atoms with Crippen molar-refractivity contribution in [2.75, 3.05) is 6.54 Å². The zero-order valence-corrected chi connectivity index (χ0v) is 8.56. The lowest BCUT2D eigenvalue weighted by Gasteiger charge is -1.92. The van der Waals surface area contributed by atoms with E-state index in [4.69, 9.17) is 11.6 Å². The van der Waals surface area contributed by atoms with Crippen molar-refractivity contribution < 1.29 is 4.79 Å². The van der Waals surface area contributed by atoms with Gasteiger partial charge in [-0.25, -0.2) is 0 Å². The van der Waals surface area contributed by atoms with Crippen molar-refractivity contribution in [2.45, 2.75) is 6.92 Å². The molecule has 0 radical (unpaired) electrons. The smallest absolute Gasteiger partial charge is 0.217 e. The number of nitrogens with one attached hydrogen (secondary N) is 1. The molecule has 1 amide bonds. The molecule has 0 aromatic heterocycles. The minimum Gasteiger partial charge on any atom is -0.345 e. The van der Waals surface area contributed by atoms with E-state index < -0.39 is 0 Å². The Morgan fingerprint density at radius 2 is 2.07 bits per heavy atom. The van der Waals surface area contributed by atoms with E-state index in [1.165, 1.54) is 6.92 Å². The van der Waals surface area contributed by atoms with Gasteiger partial charge in [-0.3, -0.25) is 4.79 Å². The Bertz CT molecular complexity index is 373. The SMILES string of the molecule is CC(=O)NCC#Cc1ccc(Cl)cc1. The number of hydrogen-bond donors (Lipinski definition) is 1. The van der Waals surface area contributed by atoms with Crippen LogP contribution in [0.15, 0.2) is 24.3 Å². The summed E-state index contributed by atoms with van der Waals surface area (Å²) in [6.45, 7) is 1.84. The number of benzene rings is 1. The van der Waals surface area contributed by atoms with Crippen LogP contribution in [0.25, 0.3) is 0 Å². The quantitative estimate of drug-likeness (QED) is 0.700. The largest absolute Gasteiger partial charge is 0.345 e. The first kappa shape index (κ1) is 10.6. The summed E-state index contributed by atoms with van der Waals surface area (Å²) in [7, 11) is 0. The molecule has 0 unspecified atom stereocenters. The van der Waals surface area contributed by atoms with Gasteiger partial charge < -0.3 is 5.32 Å². The topological polar surface area (TPSA) is 29.1 Å². The van der Waals surface area contributed by atoms with Crippen LogP contribution in [-0.2, 0) is 4.79 Å². The number of carbonyl (C=O) groups is 1. The van der Waals surface area contributed by atoms with Crippen molar-refractivity contribution in [2.24, 2.45) is 0 Å². The third-order valence-corrected chi connectivity index (χ3v) is 1.75. The van der Waals surface area contributed by atoms with E-state index in [2.05, 4.69) is 17.2 Å². The minimum absolute atomic E-state index is 0.0737. The van der Waals surface area contributed by atoms with E-state index >= 15 is 0 Å². The van der Waals surface area contributed by atoms with Gasteiger partial charge in [-0.05, 0) is 24.3 Å². The fourth-order valence-corrected chi connectivity index (χ4v) is 0.974. The van der Waals surface area contributed by atoms with Crippen LogP contribution in [0.1, 0.15) is 12.5 Å². The second-order valence-electron chi connectivity index (χ2n) is 2.72. The normalized spacial score (nSPS) is 8.71. The molecule has 0 saturated carbocycles. The first-order valence-electron chi connectivity index (χ1n) is 4.17. The average molecular weight is 208 g/mol. The number of carbonyl (C=O) groups excluding carboxylic acids is 1. The Labute approximate surface area is 88.3 Å². The third kappa shape index (κ3) is 3.97. The molecule has 1 aromatic carbocycles. The van der Waals surface area contributed by atoms with E-state index in [-0.39, 0.29) is 5.91 Å². The van der Waals surface area contributed by atoms with E-state index in [0.29, 0.717) is 11.6 Å². The van der Waals surface area contributed by atoms with Gasteiger partial charge in [0, 0.05) is 17.5 Å². The average Bonchev–Trinajstić information content (AvgIpc) is 2.15. The molecule has 0 spiro atoms. The van der Waals surface area contributed by atoms with E-state index in [0.717, 1.165) is 5.56 Å². The van der Waals surface area contributed by atoms with Gasteiger partial charge in [-0.2, -0.15) is 0 Å². The molecule has 0 heterocycles. The summed E-state index contributed by atoms with van der Waals surface area (Å²) in [6.07, 6.45) is 0. The lowest BCUT2D eigenvalue weighted by molar-refractivity contribution is -0.118. The Morgan fingerprint density at radius 3 is 2.64 bits per heavy atom. The fraction of sp³-hybridized carbons (Fsp3) is 0.182. The highest BCUT2D eigenvalue weighted by Gasteiger charge is 1.87. The lowest BCUT2D eigenvalue weighted by Crippen LogP contribution is -2.19. The highest BCUT2D eigenvalue weighted by atomic mass is 35.5. The molecule has 0 aliphatic rings. The second kappa shape index (κ2) is 5.31. The van der Waals surface area contributed by atoms with Crippen molar-refractivity contribution >= 4 is 17.5 Å².